The van der Waals surface area contributed by atoms with Gasteiger partial charge < -0.3 is 24.6 Å². The highest BCUT2D eigenvalue weighted by Crippen LogP contribution is 2.46. The number of carbonyl (C=O) groups is 1. The van der Waals surface area contributed by atoms with Crippen LogP contribution in [0, 0.1) is 0 Å². The highest BCUT2D eigenvalue weighted by Gasteiger charge is 2.32. The molecule has 0 unspecified atom stereocenters. The van der Waals surface area contributed by atoms with Crippen LogP contribution < -0.4 is 14.8 Å². The first-order valence-electron chi connectivity index (χ1n) is 15.3. The summed E-state index contributed by atoms with van der Waals surface area (Å²) in [6, 6.07) is 29.2. The number of thiophene rings is 1. The third kappa shape index (κ3) is 5.69. The Hall–Kier alpha value is -4.60. The van der Waals surface area contributed by atoms with E-state index in [1.54, 1.807) is 25.6 Å². The molecule has 230 valence electrons. The Kier molecular flexibility index (Phi) is 8.04. The third-order valence-corrected chi connectivity index (χ3v) is 9.95. The van der Waals surface area contributed by atoms with Crippen molar-refractivity contribution in [2.75, 3.05) is 47.4 Å². The van der Waals surface area contributed by atoms with Gasteiger partial charge in [-0.2, -0.15) is 5.10 Å². The third-order valence-electron chi connectivity index (χ3n) is 8.86. The molecule has 1 aliphatic heterocycles. The van der Waals surface area contributed by atoms with Crippen molar-refractivity contribution in [3.63, 3.8) is 0 Å². The van der Waals surface area contributed by atoms with Gasteiger partial charge in [-0.05, 0) is 60.1 Å². The molecular weight excluding hydrogens is 582 g/mol. The number of likely N-dealkylation sites (N-methyl/N-ethyl adjacent to an activating group) is 1. The molecule has 2 amide bonds. The number of piperazine rings is 1. The van der Waals surface area contributed by atoms with Crippen LogP contribution in [-0.4, -0.2) is 73.1 Å². The quantitative estimate of drug-likeness (QED) is 0.217. The van der Waals surface area contributed by atoms with E-state index >= 15 is 0 Å². The number of nitrogens with zero attached hydrogens (tertiary/aromatic N) is 4. The molecule has 0 radical (unpaired) electrons. The number of methoxy groups -OCH3 is 2. The van der Waals surface area contributed by atoms with Crippen LogP contribution >= 0.6 is 11.3 Å². The van der Waals surface area contributed by atoms with Crippen molar-refractivity contribution >= 4 is 17.4 Å². The first kappa shape index (κ1) is 29.1. The number of carbonyl (C=O) groups excluding carboxylic acids is 1. The SMILES string of the molecule is COc1ccc(C(c2ccc(OC)cc2)n2nc(-c3ccc(CNC(=O)N4CCN(C)CC4)s3)c3c2-c2ccccc2C3)cc1. The topological polar surface area (TPSA) is 71.9 Å². The van der Waals surface area contributed by atoms with Crippen molar-refractivity contribution in [2.45, 2.75) is 19.0 Å². The molecule has 0 atom stereocenters. The Morgan fingerprint density at radius 3 is 2.16 bits per heavy atom. The van der Waals surface area contributed by atoms with Gasteiger partial charge in [0.2, 0.25) is 0 Å². The molecule has 45 heavy (non-hydrogen) atoms. The van der Waals surface area contributed by atoms with Crippen molar-refractivity contribution in [3.8, 4) is 33.3 Å². The normalized spacial score (nSPS) is 14.4. The van der Waals surface area contributed by atoms with Gasteiger partial charge in [0.15, 0.2) is 0 Å². The molecular formula is C36H37N5O3S. The summed E-state index contributed by atoms with van der Waals surface area (Å²) < 4.78 is 13.2. The van der Waals surface area contributed by atoms with E-state index in [2.05, 4.69) is 82.6 Å². The maximum Gasteiger partial charge on any atom is 0.317 e. The van der Waals surface area contributed by atoms with E-state index in [0.29, 0.717) is 6.54 Å². The predicted molar refractivity (Wildman–Crippen MR) is 178 cm³/mol. The van der Waals surface area contributed by atoms with Gasteiger partial charge in [-0.1, -0.05) is 48.5 Å². The van der Waals surface area contributed by atoms with E-state index in [0.717, 1.165) is 76.4 Å². The summed E-state index contributed by atoms with van der Waals surface area (Å²) in [5.74, 6) is 1.63. The van der Waals surface area contributed by atoms with Gasteiger partial charge in [-0.15, -0.1) is 11.3 Å². The standard InChI is InChI=1S/C36H37N5O3S/c1-39-18-20-40(21-19-39)36(42)37-23-29-16-17-32(45-29)33-31-22-26-6-4-5-7-30(26)35(31)41(38-33)34(24-8-12-27(43-2)13-9-24)25-10-14-28(44-3)15-11-25/h4-17,34H,18-23H2,1-3H3,(H,37,42). The minimum absolute atomic E-state index is 0.000458. The molecule has 3 aromatic carbocycles. The molecule has 2 aliphatic rings. The second kappa shape index (κ2) is 12.4. The summed E-state index contributed by atoms with van der Waals surface area (Å²) in [6.45, 7) is 3.82. The number of amides is 2. The first-order chi connectivity index (χ1) is 22.0. The second-order valence-electron chi connectivity index (χ2n) is 11.6. The smallest absolute Gasteiger partial charge is 0.317 e. The van der Waals surface area contributed by atoms with Gasteiger partial charge in [-0.3, -0.25) is 4.68 Å². The monoisotopic (exact) mass is 619 g/mol. The van der Waals surface area contributed by atoms with Crippen molar-refractivity contribution in [1.29, 1.82) is 0 Å². The average molecular weight is 620 g/mol. The van der Waals surface area contributed by atoms with Gasteiger partial charge in [0, 0.05) is 48.6 Å². The van der Waals surface area contributed by atoms with E-state index in [1.165, 1.54) is 16.7 Å². The van der Waals surface area contributed by atoms with Crippen molar-refractivity contribution < 1.29 is 14.3 Å². The zero-order valence-corrected chi connectivity index (χ0v) is 26.6. The van der Waals surface area contributed by atoms with Crippen LogP contribution in [0.4, 0.5) is 4.79 Å². The van der Waals surface area contributed by atoms with Crippen molar-refractivity contribution in [3.05, 3.63) is 112 Å². The van der Waals surface area contributed by atoms with E-state index < -0.39 is 0 Å². The first-order valence-corrected chi connectivity index (χ1v) is 16.1. The molecule has 0 bridgehead atoms. The molecule has 1 N–H and O–H groups in total. The number of hydrogen-bond donors (Lipinski definition) is 1. The number of hydrogen-bond acceptors (Lipinski definition) is 6. The van der Waals surface area contributed by atoms with Crippen LogP contribution in [0.3, 0.4) is 0 Å². The average Bonchev–Trinajstić information content (AvgIpc) is 3.80. The number of aromatic nitrogens is 2. The lowest BCUT2D eigenvalue weighted by Crippen LogP contribution is -2.50. The van der Waals surface area contributed by atoms with Gasteiger partial charge in [0.1, 0.15) is 23.2 Å². The Labute approximate surface area is 267 Å². The number of rotatable bonds is 8. The molecule has 0 spiro atoms. The van der Waals surface area contributed by atoms with Crippen LogP contribution in [0.15, 0.2) is 84.9 Å². The van der Waals surface area contributed by atoms with Crippen LogP contribution in [-0.2, 0) is 13.0 Å². The fourth-order valence-electron chi connectivity index (χ4n) is 6.33. The molecule has 1 saturated heterocycles. The highest BCUT2D eigenvalue weighted by molar-refractivity contribution is 7.15. The second-order valence-corrected chi connectivity index (χ2v) is 12.8. The summed E-state index contributed by atoms with van der Waals surface area (Å²) in [6.07, 6.45) is 0.826. The van der Waals surface area contributed by atoms with Crippen molar-refractivity contribution in [1.82, 2.24) is 24.9 Å². The van der Waals surface area contributed by atoms with Gasteiger partial charge in [0.05, 0.1) is 31.3 Å². The maximum atomic E-state index is 12.8. The van der Waals surface area contributed by atoms with E-state index in [9.17, 15) is 4.79 Å². The molecule has 3 heterocycles. The lowest BCUT2D eigenvalue weighted by atomic mass is 9.97. The largest absolute Gasteiger partial charge is 0.497 e. The molecule has 1 fully saturated rings. The maximum absolute atomic E-state index is 12.8. The molecule has 0 saturated carbocycles. The number of nitrogens with one attached hydrogen (secondary N) is 1. The minimum atomic E-state index is -0.169. The fourth-order valence-corrected chi connectivity index (χ4v) is 7.29. The Morgan fingerprint density at radius 2 is 1.51 bits per heavy atom. The summed E-state index contributed by atoms with van der Waals surface area (Å²) in [5, 5.41) is 8.53. The molecule has 2 aromatic heterocycles. The summed E-state index contributed by atoms with van der Waals surface area (Å²) in [7, 11) is 5.47. The van der Waals surface area contributed by atoms with Crippen LogP contribution in [0.1, 0.15) is 33.2 Å². The van der Waals surface area contributed by atoms with Crippen LogP contribution in [0.2, 0.25) is 0 Å². The molecule has 8 nitrogen and oxygen atoms in total. The predicted octanol–water partition coefficient (Wildman–Crippen LogP) is 6.29. The van der Waals surface area contributed by atoms with Crippen LogP contribution in [0.5, 0.6) is 11.5 Å². The van der Waals surface area contributed by atoms with E-state index in [1.807, 2.05) is 29.2 Å². The summed E-state index contributed by atoms with van der Waals surface area (Å²) in [4.78, 5) is 19.2. The fraction of sp³-hybridized carbons (Fsp3) is 0.278. The molecule has 7 rings (SSSR count). The number of benzene rings is 3. The number of urea groups is 1. The summed E-state index contributed by atoms with van der Waals surface area (Å²) >= 11 is 1.70. The molecule has 1 aliphatic carbocycles. The van der Waals surface area contributed by atoms with Gasteiger partial charge in [0.25, 0.3) is 0 Å². The van der Waals surface area contributed by atoms with E-state index in [4.69, 9.17) is 14.6 Å². The number of fused-ring (bicyclic) bond motifs is 3. The van der Waals surface area contributed by atoms with Crippen LogP contribution in [0.25, 0.3) is 21.8 Å². The lowest BCUT2D eigenvalue weighted by Gasteiger charge is -2.32. The lowest BCUT2D eigenvalue weighted by molar-refractivity contribution is 0.154. The van der Waals surface area contributed by atoms with E-state index in [-0.39, 0.29) is 12.1 Å². The zero-order valence-electron chi connectivity index (χ0n) is 25.8. The molecule has 5 aromatic rings. The van der Waals surface area contributed by atoms with Crippen molar-refractivity contribution in [2.24, 2.45) is 0 Å². The van der Waals surface area contributed by atoms with Gasteiger partial charge >= 0.3 is 6.03 Å². The number of ether oxygens (including phenoxy) is 2. The Balaban J connectivity index is 1.26. The zero-order chi connectivity index (χ0) is 30.9. The highest BCUT2D eigenvalue weighted by atomic mass is 32.1. The summed E-state index contributed by atoms with van der Waals surface area (Å²) in [5.41, 5.74) is 8.12. The Morgan fingerprint density at radius 1 is 0.867 bits per heavy atom. The Bertz CT molecular complexity index is 1760. The molecule has 9 heteroatoms. The van der Waals surface area contributed by atoms with Gasteiger partial charge in [-0.25, -0.2) is 4.79 Å². The minimum Gasteiger partial charge on any atom is -0.497 e.